The molecule has 0 fully saturated rings. The molecule has 0 heterocycles. The van der Waals surface area contributed by atoms with Crippen molar-refractivity contribution in [3.8, 4) is 0 Å². The third kappa shape index (κ3) is 7390. The summed E-state index contributed by atoms with van der Waals surface area (Å²) in [6.45, 7) is 0. The summed E-state index contributed by atoms with van der Waals surface area (Å²) in [5, 5.41) is 0. The molecule has 0 saturated heterocycles. The van der Waals surface area contributed by atoms with Gasteiger partial charge < -0.3 is 0 Å². The maximum atomic E-state index is 9.19. The molecular formula is CH6O7S2. The van der Waals surface area contributed by atoms with Crippen molar-refractivity contribution in [1.82, 2.24) is 0 Å². The molecule has 0 aliphatic rings. The molecule has 0 aromatic heterocycles. The van der Waals surface area contributed by atoms with Crippen LogP contribution < -0.4 is 0 Å². The molecule has 9 heteroatoms. The molecular weight excluding hydrogens is 188 g/mol. The molecule has 0 aromatic carbocycles. The first-order valence-corrected chi connectivity index (χ1v) is 4.87. The van der Waals surface area contributed by atoms with E-state index in [2.05, 4.69) is 0 Å². The van der Waals surface area contributed by atoms with Gasteiger partial charge >= 0.3 is 10.4 Å². The molecule has 0 unspecified atom stereocenters. The fourth-order valence-electron chi connectivity index (χ4n) is 0. The molecule has 0 atom stereocenters. The van der Waals surface area contributed by atoms with Crippen LogP contribution in [-0.4, -0.2) is 36.7 Å². The average molecular weight is 194 g/mol. The zero-order valence-corrected chi connectivity index (χ0v) is 6.42. The summed E-state index contributed by atoms with van der Waals surface area (Å²) in [7, 11) is -8.33. The molecule has 0 spiro atoms. The summed E-state index contributed by atoms with van der Waals surface area (Å²) in [6, 6.07) is 0. The summed E-state index contributed by atoms with van der Waals surface area (Å²) in [4.78, 5) is 0. The Hall–Kier alpha value is -0.220. The van der Waals surface area contributed by atoms with Crippen LogP contribution >= 0.6 is 0 Å². The minimum absolute atomic E-state index is 0.715. The van der Waals surface area contributed by atoms with Crippen molar-refractivity contribution in [3.63, 3.8) is 0 Å². The fourth-order valence-corrected chi connectivity index (χ4v) is 0. The second-order valence-corrected chi connectivity index (χ2v) is 3.54. The van der Waals surface area contributed by atoms with Crippen LogP contribution in [0.3, 0.4) is 0 Å². The first-order chi connectivity index (χ1) is 4.00. The van der Waals surface area contributed by atoms with Gasteiger partial charge in [-0.15, -0.1) is 0 Å². The number of rotatable bonds is 0. The summed E-state index contributed by atoms with van der Waals surface area (Å²) >= 11 is 0. The van der Waals surface area contributed by atoms with Gasteiger partial charge in [0.2, 0.25) is 0 Å². The highest BCUT2D eigenvalue weighted by molar-refractivity contribution is 7.85. The van der Waals surface area contributed by atoms with Gasteiger partial charge in [0.05, 0.1) is 6.26 Å². The van der Waals surface area contributed by atoms with Gasteiger partial charge in [0.15, 0.2) is 0 Å². The quantitative estimate of drug-likeness (QED) is 0.415. The molecule has 0 rings (SSSR count). The molecule has 7 nitrogen and oxygen atoms in total. The molecule has 0 bridgehead atoms. The average Bonchev–Trinajstić information content (AvgIpc) is 1.12. The zero-order valence-electron chi connectivity index (χ0n) is 4.79. The van der Waals surface area contributed by atoms with E-state index in [0.717, 1.165) is 0 Å². The Morgan fingerprint density at radius 3 is 0.900 bits per heavy atom. The van der Waals surface area contributed by atoms with Crippen molar-refractivity contribution >= 4 is 20.5 Å². The second-order valence-electron chi connectivity index (χ2n) is 1.18. The molecule has 0 aliphatic heterocycles. The Morgan fingerprint density at radius 2 is 0.900 bits per heavy atom. The topological polar surface area (TPSA) is 129 Å². The van der Waals surface area contributed by atoms with Crippen LogP contribution in [0.25, 0.3) is 0 Å². The van der Waals surface area contributed by atoms with Crippen LogP contribution in [0.1, 0.15) is 0 Å². The van der Waals surface area contributed by atoms with Gasteiger partial charge in [-0.25, -0.2) is 0 Å². The molecule has 0 radical (unpaired) electrons. The van der Waals surface area contributed by atoms with Gasteiger partial charge in [-0.2, -0.15) is 16.8 Å². The monoisotopic (exact) mass is 194 g/mol. The van der Waals surface area contributed by atoms with Gasteiger partial charge in [0.1, 0.15) is 0 Å². The molecule has 3 N–H and O–H groups in total. The molecule has 0 saturated carbocycles. The van der Waals surface area contributed by atoms with Crippen molar-refractivity contribution in [3.05, 3.63) is 0 Å². The summed E-state index contributed by atoms with van der Waals surface area (Å²) in [5.74, 6) is 0. The molecule has 0 aromatic rings. The normalized spacial score (nSPS) is 11.6. The Kier molecular flexibility index (Phi) is 4.77. The van der Waals surface area contributed by atoms with Crippen molar-refractivity contribution < 1.29 is 30.5 Å². The van der Waals surface area contributed by atoms with Crippen molar-refractivity contribution in [2.24, 2.45) is 0 Å². The molecule has 10 heavy (non-hydrogen) atoms. The van der Waals surface area contributed by atoms with E-state index in [1.807, 2.05) is 0 Å². The SMILES string of the molecule is CS(=O)(=O)O.O=S(=O)(O)O. The van der Waals surface area contributed by atoms with Gasteiger partial charge in [-0.05, 0) is 0 Å². The Balaban J connectivity index is 0. The van der Waals surface area contributed by atoms with E-state index >= 15 is 0 Å². The van der Waals surface area contributed by atoms with E-state index in [0.29, 0.717) is 6.26 Å². The van der Waals surface area contributed by atoms with Crippen LogP contribution in [0, 0.1) is 0 Å². The largest absolute Gasteiger partial charge is 0.394 e. The van der Waals surface area contributed by atoms with Crippen LogP contribution in [0.15, 0.2) is 0 Å². The smallest absolute Gasteiger partial charge is 0.286 e. The van der Waals surface area contributed by atoms with E-state index in [-0.39, 0.29) is 0 Å². The van der Waals surface area contributed by atoms with Crippen LogP contribution in [0.2, 0.25) is 0 Å². The van der Waals surface area contributed by atoms with E-state index in [1.54, 1.807) is 0 Å². The number of hydrogen-bond acceptors (Lipinski definition) is 4. The Labute approximate surface area is 58.0 Å². The molecule has 0 amide bonds. The van der Waals surface area contributed by atoms with Crippen LogP contribution in [0.5, 0.6) is 0 Å². The summed E-state index contributed by atoms with van der Waals surface area (Å²) in [5.41, 5.74) is 0. The predicted octanol–water partition coefficient (Wildman–Crippen LogP) is -1.15. The fraction of sp³-hybridized carbons (Fsp3) is 1.00. The van der Waals surface area contributed by atoms with Crippen LogP contribution in [-0.2, 0) is 20.5 Å². The van der Waals surface area contributed by atoms with E-state index in [9.17, 15) is 8.42 Å². The van der Waals surface area contributed by atoms with Gasteiger partial charge in [-0.1, -0.05) is 0 Å². The lowest BCUT2D eigenvalue weighted by molar-refractivity contribution is 0.381. The van der Waals surface area contributed by atoms with Crippen molar-refractivity contribution in [1.29, 1.82) is 0 Å². The van der Waals surface area contributed by atoms with E-state index < -0.39 is 20.5 Å². The minimum Gasteiger partial charge on any atom is -0.286 e. The Morgan fingerprint density at radius 1 is 0.900 bits per heavy atom. The molecule has 64 valence electrons. The minimum atomic E-state index is -4.67. The predicted molar refractivity (Wildman–Crippen MR) is 31.6 cm³/mol. The maximum absolute atomic E-state index is 9.19. The Bertz CT molecular complexity index is 208. The lowest BCUT2D eigenvalue weighted by atomic mass is 12.0. The van der Waals surface area contributed by atoms with Gasteiger partial charge in [0.25, 0.3) is 10.1 Å². The van der Waals surface area contributed by atoms with E-state index in [4.69, 9.17) is 22.1 Å². The lowest BCUT2D eigenvalue weighted by Crippen LogP contribution is -1.89. The summed E-state index contributed by atoms with van der Waals surface area (Å²) < 4.78 is 57.5. The first-order valence-electron chi connectivity index (χ1n) is 1.62. The van der Waals surface area contributed by atoms with Crippen molar-refractivity contribution in [2.45, 2.75) is 0 Å². The van der Waals surface area contributed by atoms with Gasteiger partial charge in [0, 0.05) is 0 Å². The highest BCUT2D eigenvalue weighted by atomic mass is 32.3. The summed E-state index contributed by atoms with van der Waals surface area (Å²) in [6.07, 6.45) is 0.715. The van der Waals surface area contributed by atoms with E-state index in [1.165, 1.54) is 0 Å². The number of hydrogen-bond donors (Lipinski definition) is 3. The standard InChI is InChI=1S/CH4O3S.H2O4S/c2*1-5(2,3)4/h1H3,(H,2,3,4);(H2,1,2,3,4). The lowest BCUT2D eigenvalue weighted by Gasteiger charge is -1.69. The van der Waals surface area contributed by atoms with Gasteiger partial charge in [-0.3, -0.25) is 13.7 Å². The van der Waals surface area contributed by atoms with Crippen molar-refractivity contribution in [2.75, 3.05) is 6.26 Å². The maximum Gasteiger partial charge on any atom is 0.394 e. The second kappa shape index (κ2) is 3.83. The zero-order chi connectivity index (χ0) is 9.00. The highest BCUT2D eigenvalue weighted by Crippen LogP contribution is 1.60. The highest BCUT2D eigenvalue weighted by Gasteiger charge is 1.84. The third-order valence-electron chi connectivity index (χ3n) is 0. The van der Waals surface area contributed by atoms with Crippen LogP contribution in [0.4, 0.5) is 0 Å². The molecule has 0 aliphatic carbocycles. The first kappa shape index (κ1) is 12.5. The third-order valence-corrected chi connectivity index (χ3v) is 0.